The van der Waals surface area contributed by atoms with E-state index in [0.29, 0.717) is 27.9 Å². The van der Waals surface area contributed by atoms with Crippen LogP contribution in [0.1, 0.15) is 26.2 Å². The molecule has 1 aliphatic heterocycles. The molecule has 0 radical (unpaired) electrons. The summed E-state index contributed by atoms with van der Waals surface area (Å²) in [7, 11) is 0. The highest BCUT2D eigenvalue weighted by Gasteiger charge is 2.24. The average Bonchev–Trinajstić information content (AvgIpc) is 3.25. The van der Waals surface area contributed by atoms with E-state index in [9.17, 15) is 4.79 Å². The summed E-state index contributed by atoms with van der Waals surface area (Å²) in [5.41, 5.74) is 0. The lowest BCUT2D eigenvalue weighted by atomic mass is 10.0. The number of hydrogen-bond acceptors (Lipinski definition) is 6. The van der Waals surface area contributed by atoms with Gasteiger partial charge in [-0.1, -0.05) is 41.6 Å². The third-order valence-electron chi connectivity index (χ3n) is 4.58. The summed E-state index contributed by atoms with van der Waals surface area (Å²) in [5, 5.41) is 10.2. The molecule has 0 saturated carbocycles. The van der Waals surface area contributed by atoms with Gasteiger partial charge in [0.05, 0.1) is 10.8 Å². The van der Waals surface area contributed by atoms with E-state index in [1.165, 1.54) is 29.5 Å². The number of amides is 1. The maximum Gasteiger partial charge on any atom is 0.277 e. The van der Waals surface area contributed by atoms with E-state index in [2.05, 4.69) is 17.1 Å². The van der Waals surface area contributed by atoms with Crippen LogP contribution in [0.15, 0.2) is 33.9 Å². The van der Waals surface area contributed by atoms with E-state index in [-0.39, 0.29) is 5.91 Å². The molecule has 0 unspecified atom stereocenters. The number of thiophene rings is 1. The van der Waals surface area contributed by atoms with E-state index in [0.717, 1.165) is 34.3 Å². The Morgan fingerprint density at radius 2 is 2.23 bits per heavy atom. The maximum atomic E-state index is 12.4. The van der Waals surface area contributed by atoms with Crippen molar-refractivity contribution in [1.29, 1.82) is 0 Å². The van der Waals surface area contributed by atoms with Crippen molar-refractivity contribution in [3.8, 4) is 10.8 Å². The fourth-order valence-electron chi connectivity index (χ4n) is 3.19. The number of nitrogens with zero attached hydrogens (tertiary/aromatic N) is 3. The summed E-state index contributed by atoms with van der Waals surface area (Å²) in [6, 6.07) is 8.23. The fourth-order valence-corrected chi connectivity index (χ4v) is 5.27. The molecule has 1 fully saturated rings. The predicted molar refractivity (Wildman–Crippen MR) is 106 cm³/mol. The van der Waals surface area contributed by atoms with Gasteiger partial charge < -0.3 is 9.32 Å². The molecule has 136 valence electrons. The van der Waals surface area contributed by atoms with Crippen LogP contribution in [0.2, 0.25) is 5.02 Å². The number of halogens is 1. The van der Waals surface area contributed by atoms with E-state index < -0.39 is 0 Å². The first-order valence-electron chi connectivity index (χ1n) is 8.56. The van der Waals surface area contributed by atoms with Crippen molar-refractivity contribution >= 4 is 50.7 Å². The molecule has 0 N–H and O–H groups in total. The van der Waals surface area contributed by atoms with Crippen molar-refractivity contribution < 1.29 is 9.21 Å². The zero-order valence-electron chi connectivity index (χ0n) is 14.3. The first-order valence-corrected chi connectivity index (χ1v) is 10.7. The molecule has 5 nitrogen and oxygen atoms in total. The third-order valence-corrected chi connectivity index (χ3v) is 7.04. The number of benzene rings is 1. The van der Waals surface area contributed by atoms with E-state index in [1.54, 1.807) is 0 Å². The molecule has 1 aromatic carbocycles. The quantitative estimate of drug-likeness (QED) is 0.563. The van der Waals surface area contributed by atoms with Crippen LogP contribution in [0.4, 0.5) is 0 Å². The van der Waals surface area contributed by atoms with Crippen LogP contribution in [0.25, 0.3) is 20.9 Å². The summed E-state index contributed by atoms with van der Waals surface area (Å²) >= 11 is 9.27. The van der Waals surface area contributed by atoms with Gasteiger partial charge in [-0.15, -0.1) is 21.5 Å². The lowest BCUT2D eigenvalue weighted by Gasteiger charge is -2.33. The lowest BCUT2D eigenvalue weighted by molar-refractivity contribution is -0.131. The highest BCUT2D eigenvalue weighted by atomic mass is 35.5. The molecule has 1 aliphatic rings. The van der Waals surface area contributed by atoms with Gasteiger partial charge >= 0.3 is 0 Å². The van der Waals surface area contributed by atoms with Crippen LogP contribution in [0, 0.1) is 0 Å². The number of rotatable bonds is 4. The van der Waals surface area contributed by atoms with Crippen molar-refractivity contribution in [1.82, 2.24) is 15.1 Å². The number of hydrogen-bond donors (Lipinski definition) is 0. The molecule has 0 spiro atoms. The Balaban J connectivity index is 1.46. The molecule has 26 heavy (non-hydrogen) atoms. The highest BCUT2D eigenvalue weighted by Crippen LogP contribution is 2.41. The van der Waals surface area contributed by atoms with Gasteiger partial charge in [0, 0.05) is 22.7 Å². The molecule has 4 rings (SSSR count). The number of thioether (sulfide) groups is 1. The van der Waals surface area contributed by atoms with E-state index in [4.69, 9.17) is 16.0 Å². The van der Waals surface area contributed by atoms with Gasteiger partial charge in [-0.25, -0.2) is 0 Å². The van der Waals surface area contributed by atoms with E-state index in [1.807, 2.05) is 29.2 Å². The molecule has 0 aliphatic carbocycles. The maximum absolute atomic E-state index is 12.4. The molecule has 1 saturated heterocycles. The summed E-state index contributed by atoms with van der Waals surface area (Å²) in [4.78, 5) is 15.1. The molecule has 8 heteroatoms. The van der Waals surface area contributed by atoms with Crippen LogP contribution < -0.4 is 0 Å². The SMILES string of the molecule is C[C@@H]1CCCCN1C(=O)CSc1nnc(-c2sc3ccccc3c2Cl)o1. The number of fused-ring (bicyclic) bond motifs is 1. The monoisotopic (exact) mass is 407 g/mol. The molecule has 1 amide bonds. The minimum absolute atomic E-state index is 0.127. The number of aromatic nitrogens is 2. The normalized spacial score (nSPS) is 17.8. The van der Waals surface area contributed by atoms with E-state index >= 15 is 0 Å². The van der Waals surface area contributed by atoms with Crippen LogP contribution in [0.3, 0.4) is 0 Å². The predicted octanol–water partition coefficient (Wildman–Crippen LogP) is 5.10. The minimum atomic E-state index is 0.127. The van der Waals surface area contributed by atoms with Gasteiger partial charge in [0.2, 0.25) is 5.91 Å². The first-order chi connectivity index (χ1) is 12.6. The van der Waals surface area contributed by atoms with Crippen molar-refractivity contribution in [3.05, 3.63) is 29.3 Å². The fraction of sp³-hybridized carbons (Fsp3) is 0.389. The molecule has 0 bridgehead atoms. The summed E-state index contributed by atoms with van der Waals surface area (Å²) < 4.78 is 6.82. The van der Waals surface area contributed by atoms with Crippen LogP contribution in [-0.4, -0.2) is 39.3 Å². The molecular weight excluding hydrogens is 390 g/mol. The van der Waals surface area contributed by atoms with Gasteiger partial charge in [-0.05, 0) is 32.3 Å². The average molecular weight is 408 g/mol. The minimum Gasteiger partial charge on any atom is -0.410 e. The Morgan fingerprint density at radius 3 is 3.04 bits per heavy atom. The lowest BCUT2D eigenvalue weighted by Crippen LogP contribution is -2.42. The largest absolute Gasteiger partial charge is 0.410 e. The Kier molecular flexibility index (Phi) is 5.20. The number of carbonyl (C=O) groups is 1. The molecular formula is C18H18ClN3O2S2. The summed E-state index contributed by atoms with van der Waals surface area (Å²) in [6.45, 7) is 2.95. The van der Waals surface area contributed by atoms with Gasteiger partial charge in [0.15, 0.2) is 0 Å². The van der Waals surface area contributed by atoms with Crippen molar-refractivity contribution in [2.24, 2.45) is 0 Å². The summed E-state index contributed by atoms with van der Waals surface area (Å²) in [6.07, 6.45) is 3.35. The highest BCUT2D eigenvalue weighted by molar-refractivity contribution is 7.99. The Bertz CT molecular complexity index is 940. The molecule has 2 aromatic heterocycles. The smallest absolute Gasteiger partial charge is 0.277 e. The van der Waals surface area contributed by atoms with Gasteiger partial charge in [-0.2, -0.15) is 0 Å². The van der Waals surface area contributed by atoms with Crippen LogP contribution in [0.5, 0.6) is 0 Å². The van der Waals surface area contributed by atoms with Crippen LogP contribution in [-0.2, 0) is 4.79 Å². The topological polar surface area (TPSA) is 59.2 Å². The molecule has 3 aromatic rings. The molecule has 1 atom stereocenters. The number of likely N-dealkylation sites (tertiary alicyclic amines) is 1. The zero-order chi connectivity index (χ0) is 18.1. The van der Waals surface area contributed by atoms with Crippen molar-refractivity contribution in [3.63, 3.8) is 0 Å². The zero-order valence-corrected chi connectivity index (χ0v) is 16.7. The Hall–Kier alpha value is -1.57. The summed E-state index contributed by atoms with van der Waals surface area (Å²) in [5.74, 6) is 0.839. The number of piperidine rings is 1. The number of carbonyl (C=O) groups excluding carboxylic acids is 1. The second-order valence-corrected chi connectivity index (χ2v) is 8.69. The molecule has 3 heterocycles. The second-order valence-electron chi connectivity index (χ2n) is 6.34. The van der Waals surface area contributed by atoms with Crippen molar-refractivity contribution in [2.75, 3.05) is 12.3 Å². The standard InChI is InChI=1S/C18H18ClN3O2S2/c1-11-6-4-5-9-22(11)14(23)10-25-18-21-20-17(24-18)16-15(19)12-7-2-3-8-13(12)26-16/h2-3,7-8,11H,4-6,9-10H2,1H3/t11-/m1/s1. The van der Waals surface area contributed by atoms with Gasteiger partial charge in [-0.3, -0.25) is 4.79 Å². The van der Waals surface area contributed by atoms with Crippen molar-refractivity contribution in [2.45, 2.75) is 37.5 Å². The third kappa shape index (κ3) is 3.48. The van der Waals surface area contributed by atoms with Crippen LogP contribution >= 0.6 is 34.7 Å². The first kappa shape index (κ1) is 17.8. The van der Waals surface area contributed by atoms with Gasteiger partial charge in [0.1, 0.15) is 4.88 Å². The van der Waals surface area contributed by atoms with Gasteiger partial charge in [0.25, 0.3) is 11.1 Å². The Morgan fingerprint density at radius 1 is 1.38 bits per heavy atom. The second kappa shape index (κ2) is 7.58. The Labute approximate surface area is 164 Å².